The second-order valence-electron chi connectivity index (χ2n) is 4.44. The Morgan fingerprint density at radius 3 is 2.80 bits per heavy atom. The molecule has 0 atom stereocenters. The van der Waals surface area contributed by atoms with Crippen molar-refractivity contribution in [3.8, 4) is 0 Å². The predicted octanol–water partition coefficient (Wildman–Crippen LogP) is 0.897. The first-order chi connectivity index (χ1) is 7.36. The fourth-order valence-electron chi connectivity index (χ4n) is 2.63. The monoisotopic (exact) mass is 200 g/mol. The number of pyridine rings is 1. The normalized spacial score (nSPS) is 18.4. The highest BCUT2D eigenvalue weighted by molar-refractivity contribution is 5.56. The molecule has 0 fully saturated rings. The molecule has 0 radical (unpaired) electrons. The van der Waals surface area contributed by atoms with Crippen LogP contribution >= 0.6 is 0 Å². The third-order valence-corrected chi connectivity index (χ3v) is 3.44. The van der Waals surface area contributed by atoms with Gasteiger partial charge in [0.25, 0.3) is 0 Å². The van der Waals surface area contributed by atoms with Crippen LogP contribution in [0.4, 0.5) is 5.69 Å². The van der Waals surface area contributed by atoms with Crippen LogP contribution in [0.3, 0.4) is 0 Å². The first-order valence-corrected chi connectivity index (χ1v) is 5.84. The number of nitrogen functional groups attached to an aromatic ring is 1. The summed E-state index contributed by atoms with van der Waals surface area (Å²) >= 11 is 0. The molecule has 1 heterocycles. The molecule has 0 bridgehead atoms. The van der Waals surface area contributed by atoms with Crippen molar-refractivity contribution in [2.75, 3.05) is 5.73 Å². The lowest BCUT2D eigenvalue weighted by molar-refractivity contribution is 0.666. The highest BCUT2D eigenvalue weighted by atomic mass is 14.7. The highest BCUT2D eigenvalue weighted by Crippen LogP contribution is 2.21. The van der Waals surface area contributed by atoms with Crippen molar-refractivity contribution >= 4 is 17.8 Å². The molecule has 3 rings (SSSR count). The van der Waals surface area contributed by atoms with Crippen LogP contribution in [0.2, 0.25) is 0 Å². The summed E-state index contributed by atoms with van der Waals surface area (Å²) in [6, 6.07) is 0. The van der Waals surface area contributed by atoms with E-state index < -0.39 is 0 Å². The van der Waals surface area contributed by atoms with E-state index in [0.29, 0.717) is 0 Å². The van der Waals surface area contributed by atoms with Crippen LogP contribution in [-0.2, 0) is 12.8 Å². The van der Waals surface area contributed by atoms with Crippen LogP contribution in [0.15, 0.2) is 0 Å². The Balaban J connectivity index is 2.35. The number of nitrogens with two attached hydrogens (primary N) is 1. The van der Waals surface area contributed by atoms with Gasteiger partial charge in [-0.15, -0.1) is 0 Å². The van der Waals surface area contributed by atoms with Crippen molar-refractivity contribution in [2.45, 2.75) is 38.5 Å². The Hall–Kier alpha value is -1.31. The third-order valence-electron chi connectivity index (χ3n) is 3.44. The number of fused-ring (bicyclic) bond motifs is 2. The molecular formula is C13H16N2. The van der Waals surface area contributed by atoms with Crippen LogP contribution in [0.5, 0.6) is 0 Å². The van der Waals surface area contributed by atoms with Gasteiger partial charge < -0.3 is 5.73 Å². The van der Waals surface area contributed by atoms with E-state index in [1.165, 1.54) is 29.3 Å². The molecule has 2 heteroatoms. The molecule has 0 aromatic carbocycles. The molecule has 0 amide bonds. The Morgan fingerprint density at radius 1 is 1.07 bits per heavy atom. The maximum atomic E-state index is 6.23. The molecule has 2 aliphatic carbocycles. The zero-order valence-electron chi connectivity index (χ0n) is 8.92. The van der Waals surface area contributed by atoms with Crippen molar-refractivity contribution in [1.82, 2.24) is 4.98 Å². The maximum Gasteiger partial charge on any atom is 0.0683 e. The minimum atomic E-state index is 1.01. The average molecular weight is 200 g/mol. The van der Waals surface area contributed by atoms with E-state index in [4.69, 9.17) is 10.7 Å². The summed E-state index contributed by atoms with van der Waals surface area (Å²) in [5, 5.41) is 2.32. The van der Waals surface area contributed by atoms with Crippen molar-refractivity contribution in [1.29, 1.82) is 0 Å². The third kappa shape index (κ3) is 1.36. The molecule has 2 nitrogen and oxygen atoms in total. The Kier molecular flexibility index (Phi) is 2.01. The van der Waals surface area contributed by atoms with Gasteiger partial charge in [-0.1, -0.05) is 12.2 Å². The van der Waals surface area contributed by atoms with Gasteiger partial charge in [0.2, 0.25) is 0 Å². The molecule has 1 aromatic heterocycles. The molecule has 0 aliphatic heterocycles. The number of nitrogens with zero attached hydrogens (tertiary/aromatic N) is 1. The molecular weight excluding hydrogens is 184 g/mol. The molecule has 2 aliphatic rings. The lowest BCUT2D eigenvalue weighted by Crippen LogP contribution is -2.36. The van der Waals surface area contributed by atoms with Crippen molar-refractivity contribution in [2.24, 2.45) is 0 Å². The molecule has 78 valence electrons. The average Bonchev–Trinajstić information content (AvgIpc) is 2.30. The second-order valence-corrected chi connectivity index (χ2v) is 4.44. The van der Waals surface area contributed by atoms with Gasteiger partial charge >= 0.3 is 0 Å². The van der Waals surface area contributed by atoms with Crippen molar-refractivity contribution in [3.63, 3.8) is 0 Å². The van der Waals surface area contributed by atoms with E-state index in [1.807, 2.05) is 0 Å². The van der Waals surface area contributed by atoms with E-state index >= 15 is 0 Å². The highest BCUT2D eigenvalue weighted by Gasteiger charge is 2.15. The number of anilines is 1. The summed E-state index contributed by atoms with van der Waals surface area (Å²) < 4.78 is 0. The SMILES string of the molecule is Nc1c2c(nc3c1=CCCC=3)CCCC2. The molecule has 0 saturated heterocycles. The Morgan fingerprint density at radius 2 is 1.87 bits per heavy atom. The number of hydrogen-bond acceptors (Lipinski definition) is 2. The zero-order valence-corrected chi connectivity index (χ0v) is 8.92. The van der Waals surface area contributed by atoms with Gasteiger partial charge in [-0.25, -0.2) is 0 Å². The van der Waals surface area contributed by atoms with Crippen LogP contribution in [-0.4, -0.2) is 4.98 Å². The Labute approximate surface area is 89.5 Å². The van der Waals surface area contributed by atoms with Crippen molar-refractivity contribution < 1.29 is 0 Å². The molecule has 1 aromatic rings. The van der Waals surface area contributed by atoms with Gasteiger partial charge in [0.05, 0.1) is 5.35 Å². The first-order valence-electron chi connectivity index (χ1n) is 5.84. The van der Waals surface area contributed by atoms with E-state index in [1.54, 1.807) is 0 Å². The molecule has 15 heavy (non-hydrogen) atoms. The number of rotatable bonds is 0. The summed E-state index contributed by atoms with van der Waals surface area (Å²) in [5.74, 6) is 0. The fourth-order valence-corrected chi connectivity index (χ4v) is 2.63. The van der Waals surface area contributed by atoms with Gasteiger partial charge in [-0.3, -0.25) is 4.98 Å². The number of aromatic nitrogens is 1. The van der Waals surface area contributed by atoms with Crippen LogP contribution in [0.1, 0.15) is 36.9 Å². The summed E-state index contributed by atoms with van der Waals surface area (Å²) in [6.45, 7) is 0. The van der Waals surface area contributed by atoms with Crippen LogP contribution in [0.25, 0.3) is 12.2 Å². The maximum absolute atomic E-state index is 6.23. The first kappa shape index (κ1) is 8.96. The number of hydrogen-bond donors (Lipinski definition) is 1. The largest absolute Gasteiger partial charge is 0.398 e. The van der Waals surface area contributed by atoms with Gasteiger partial charge in [-0.2, -0.15) is 0 Å². The van der Waals surface area contributed by atoms with E-state index in [9.17, 15) is 0 Å². The minimum absolute atomic E-state index is 1.01. The van der Waals surface area contributed by atoms with Gasteiger partial charge in [-0.05, 0) is 44.1 Å². The van der Waals surface area contributed by atoms with Gasteiger partial charge in [0.1, 0.15) is 0 Å². The lowest BCUT2D eigenvalue weighted by Gasteiger charge is -2.18. The van der Waals surface area contributed by atoms with Crippen LogP contribution < -0.4 is 16.3 Å². The zero-order chi connectivity index (χ0) is 10.3. The van der Waals surface area contributed by atoms with E-state index in [-0.39, 0.29) is 0 Å². The Bertz CT molecular complexity index is 514. The predicted molar refractivity (Wildman–Crippen MR) is 62.7 cm³/mol. The summed E-state index contributed by atoms with van der Waals surface area (Å²) in [5.41, 5.74) is 9.82. The fraction of sp³-hybridized carbons (Fsp3) is 0.462. The summed E-state index contributed by atoms with van der Waals surface area (Å²) in [7, 11) is 0. The second kappa shape index (κ2) is 3.37. The summed E-state index contributed by atoms with van der Waals surface area (Å²) in [4.78, 5) is 4.75. The molecule has 2 N–H and O–H groups in total. The van der Waals surface area contributed by atoms with Gasteiger partial charge in [0, 0.05) is 16.6 Å². The quantitative estimate of drug-likeness (QED) is 0.675. The number of aryl methyl sites for hydroxylation is 1. The van der Waals surface area contributed by atoms with E-state index in [2.05, 4.69) is 12.2 Å². The standard InChI is InChI=1S/C13H16N2/c14-13-9-5-1-3-7-11(9)15-12-8-4-2-6-10(12)13/h5,7H,1-4,6,8,14H2. The van der Waals surface area contributed by atoms with Crippen molar-refractivity contribution in [3.05, 3.63) is 21.8 Å². The molecule has 0 saturated carbocycles. The smallest absolute Gasteiger partial charge is 0.0683 e. The molecule has 0 spiro atoms. The topological polar surface area (TPSA) is 38.9 Å². The lowest BCUT2D eigenvalue weighted by atomic mass is 9.93. The van der Waals surface area contributed by atoms with Crippen LogP contribution in [0, 0.1) is 0 Å². The summed E-state index contributed by atoms with van der Waals surface area (Å²) in [6.07, 6.45) is 11.4. The van der Waals surface area contributed by atoms with E-state index in [0.717, 1.165) is 36.7 Å². The molecule has 0 unspecified atom stereocenters. The van der Waals surface area contributed by atoms with Gasteiger partial charge in [0.15, 0.2) is 0 Å². The minimum Gasteiger partial charge on any atom is -0.398 e.